The molecule has 74 valence electrons. The van der Waals surface area contributed by atoms with Crippen LogP contribution in [0.4, 0.5) is 5.82 Å². The minimum Gasteiger partial charge on any atom is -0.359 e. The largest absolute Gasteiger partial charge is 0.359 e. The van der Waals surface area contributed by atoms with Gasteiger partial charge in [-0.2, -0.15) is 0 Å². The van der Waals surface area contributed by atoms with E-state index in [4.69, 9.17) is 0 Å². The van der Waals surface area contributed by atoms with Crippen LogP contribution in [0, 0.1) is 0 Å². The summed E-state index contributed by atoms with van der Waals surface area (Å²) in [5.41, 5.74) is 2.46. The van der Waals surface area contributed by atoms with Gasteiger partial charge in [-0.1, -0.05) is 30.4 Å². The monoisotopic (exact) mass is 197 g/mol. The molecule has 0 saturated heterocycles. The number of nitrogens with zero attached hydrogens (tertiary/aromatic N) is 2. The van der Waals surface area contributed by atoms with Crippen molar-refractivity contribution in [3.63, 3.8) is 0 Å². The first-order chi connectivity index (χ1) is 7.43. The molecule has 1 aromatic heterocycles. The first kappa shape index (κ1) is 8.41. The van der Waals surface area contributed by atoms with Crippen LogP contribution in [-0.4, -0.2) is 16.0 Å². The maximum atomic E-state index is 4.26. The van der Waals surface area contributed by atoms with Crippen molar-refractivity contribution in [1.82, 2.24) is 9.97 Å². The maximum absolute atomic E-state index is 4.26. The van der Waals surface area contributed by atoms with Crippen molar-refractivity contribution < 1.29 is 0 Å². The second kappa shape index (κ2) is 3.35. The molecule has 2 aliphatic rings. The molecular formula is C12H11N3. The Morgan fingerprint density at radius 3 is 3.33 bits per heavy atom. The summed E-state index contributed by atoms with van der Waals surface area (Å²) in [6.45, 7) is 0. The van der Waals surface area contributed by atoms with Gasteiger partial charge in [-0.05, 0) is 12.0 Å². The van der Waals surface area contributed by atoms with Gasteiger partial charge in [0.15, 0.2) is 0 Å². The molecule has 0 bridgehead atoms. The molecule has 0 amide bonds. The zero-order valence-corrected chi connectivity index (χ0v) is 8.22. The third kappa shape index (κ3) is 1.46. The van der Waals surface area contributed by atoms with Crippen molar-refractivity contribution in [1.29, 1.82) is 0 Å². The normalized spacial score (nSPS) is 22.1. The molecule has 0 radical (unpaired) electrons. The molecule has 3 rings (SSSR count). The highest BCUT2D eigenvalue weighted by Gasteiger charge is 2.16. The zero-order valence-electron chi connectivity index (χ0n) is 8.22. The number of allylic oxidation sites excluding steroid dienone is 3. The molecule has 1 unspecified atom stereocenters. The van der Waals surface area contributed by atoms with Crippen molar-refractivity contribution in [3.8, 4) is 0 Å². The molecular weight excluding hydrogens is 186 g/mol. The van der Waals surface area contributed by atoms with Gasteiger partial charge in [-0.3, -0.25) is 0 Å². The first-order valence-corrected chi connectivity index (χ1v) is 5.04. The quantitative estimate of drug-likeness (QED) is 0.690. The molecule has 3 nitrogen and oxygen atoms in total. The van der Waals surface area contributed by atoms with Crippen molar-refractivity contribution >= 4 is 5.82 Å². The topological polar surface area (TPSA) is 37.8 Å². The molecule has 15 heavy (non-hydrogen) atoms. The first-order valence-electron chi connectivity index (χ1n) is 5.04. The molecule has 0 fully saturated rings. The highest BCUT2D eigenvalue weighted by Crippen LogP contribution is 2.23. The number of hydrogen-bond acceptors (Lipinski definition) is 3. The van der Waals surface area contributed by atoms with E-state index < -0.39 is 0 Å². The van der Waals surface area contributed by atoms with E-state index in [1.54, 1.807) is 6.33 Å². The minimum absolute atomic E-state index is 0.256. The van der Waals surface area contributed by atoms with Crippen LogP contribution in [0.15, 0.2) is 48.5 Å². The molecule has 1 atom stereocenters. The third-order valence-electron chi connectivity index (χ3n) is 2.70. The second-order valence-electron chi connectivity index (χ2n) is 3.67. The molecule has 3 heteroatoms. The zero-order chi connectivity index (χ0) is 10.1. The van der Waals surface area contributed by atoms with Gasteiger partial charge in [0.25, 0.3) is 0 Å². The van der Waals surface area contributed by atoms with Crippen LogP contribution in [0.5, 0.6) is 0 Å². The highest BCUT2D eigenvalue weighted by molar-refractivity contribution is 5.53. The van der Waals surface area contributed by atoms with Crippen LogP contribution >= 0.6 is 0 Å². The summed E-state index contributed by atoms with van der Waals surface area (Å²) in [7, 11) is 0. The van der Waals surface area contributed by atoms with Gasteiger partial charge in [-0.15, -0.1) is 0 Å². The predicted molar refractivity (Wildman–Crippen MR) is 59.5 cm³/mol. The van der Waals surface area contributed by atoms with E-state index in [0.29, 0.717) is 0 Å². The maximum Gasteiger partial charge on any atom is 0.133 e. The molecule has 1 aliphatic heterocycles. The van der Waals surface area contributed by atoms with E-state index >= 15 is 0 Å². The SMILES string of the molecule is C1=CC2=CCc3cncnc3NC2C=C1. The van der Waals surface area contributed by atoms with E-state index in [1.807, 2.05) is 6.20 Å². The number of hydrogen-bond donors (Lipinski definition) is 1. The summed E-state index contributed by atoms with van der Waals surface area (Å²) in [4.78, 5) is 8.30. The van der Waals surface area contributed by atoms with Gasteiger partial charge in [0.2, 0.25) is 0 Å². The predicted octanol–water partition coefficient (Wildman–Crippen LogP) is 1.87. The second-order valence-corrected chi connectivity index (χ2v) is 3.67. The summed E-state index contributed by atoms with van der Waals surface area (Å²) >= 11 is 0. The number of nitrogens with one attached hydrogen (secondary N) is 1. The summed E-state index contributed by atoms with van der Waals surface area (Å²) in [6, 6.07) is 0.256. The molecule has 2 heterocycles. The summed E-state index contributed by atoms with van der Waals surface area (Å²) < 4.78 is 0. The van der Waals surface area contributed by atoms with Crippen LogP contribution in [-0.2, 0) is 6.42 Å². The van der Waals surface area contributed by atoms with Gasteiger partial charge in [0, 0.05) is 11.8 Å². The Balaban J connectivity index is 2.03. The van der Waals surface area contributed by atoms with E-state index in [1.165, 1.54) is 5.57 Å². The van der Waals surface area contributed by atoms with Gasteiger partial charge < -0.3 is 5.32 Å². The van der Waals surface area contributed by atoms with Gasteiger partial charge in [0.1, 0.15) is 12.1 Å². The van der Waals surface area contributed by atoms with E-state index in [-0.39, 0.29) is 6.04 Å². The fourth-order valence-electron chi connectivity index (χ4n) is 1.90. The average molecular weight is 197 g/mol. The van der Waals surface area contributed by atoms with E-state index in [2.05, 4.69) is 45.7 Å². The number of rotatable bonds is 0. The number of anilines is 1. The Hall–Kier alpha value is -1.90. The summed E-state index contributed by atoms with van der Waals surface area (Å²) in [6.07, 6.45) is 15.0. The molecule has 0 spiro atoms. The van der Waals surface area contributed by atoms with Crippen LogP contribution < -0.4 is 5.32 Å². The molecule has 1 aliphatic carbocycles. The fraction of sp³-hybridized carbons (Fsp3) is 0.167. The lowest BCUT2D eigenvalue weighted by atomic mass is 10.0. The van der Waals surface area contributed by atoms with Crippen LogP contribution in [0.2, 0.25) is 0 Å². The van der Waals surface area contributed by atoms with E-state index in [0.717, 1.165) is 17.8 Å². The third-order valence-corrected chi connectivity index (χ3v) is 2.70. The van der Waals surface area contributed by atoms with Crippen molar-refractivity contribution in [3.05, 3.63) is 54.0 Å². The molecule has 0 saturated carbocycles. The Labute approximate surface area is 88.3 Å². The van der Waals surface area contributed by atoms with Crippen LogP contribution in [0.3, 0.4) is 0 Å². The van der Waals surface area contributed by atoms with E-state index in [9.17, 15) is 0 Å². The summed E-state index contributed by atoms with van der Waals surface area (Å²) in [5.74, 6) is 0.946. The lowest BCUT2D eigenvalue weighted by Crippen LogP contribution is -2.19. The fourth-order valence-corrected chi connectivity index (χ4v) is 1.90. The van der Waals surface area contributed by atoms with Gasteiger partial charge in [0.05, 0.1) is 6.04 Å². The van der Waals surface area contributed by atoms with Gasteiger partial charge >= 0.3 is 0 Å². The Morgan fingerprint density at radius 2 is 2.33 bits per heavy atom. The number of aromatic nitrogens is 2. The van der Waals surface area contributed by atoms with Crippen LogP contribution in [0.1, 0.15) is 5.56 Å². The Bertz CT molecular complexity index is 472. The molecule has 0 aromatic carbocycles. The Morgan fingerprint density at radius 1 is 1.33 bits per heavy atom. The van der Waals surface area contributed by atoms with Crippen molar-refractivity contribution in [2.45, 2.75) is 12.5 Å². The lowest BCUT2D eigenvalue weighted by molar-refractivity contribution is 1.02. The standard InChI is InChI=1S/C12H11N3/c1-2-4-11-9(3-1)5-6-10-7-13-8-14-12(10)15-11/h1-5,7-8,11H,6H2,(H,13,14,15). The van der Waals surface area contributed by atoms with Gasteiger partial charge in [-0.25, -0.2) is 9.97 Å². The Kier molecular flexibility index (Phi) is 1.88. The lowest BCUT2D eigenvalue weighted by Gasteiger charge is -2.17. The highest BCUT2D eigenvalue weighted by atomic mass is 15.0. The van der Waals surface area contributed by atoms with Crippen molar-refractivity contribution in [2.75, 3.05) is 5.32 Å². The summed E-state index contributed by atoms with van der Waals surface area (Å²) in [5, 5.41) is 3.40. The minimum atomic E-state index is 0.256. The average Bonchev–Trinajstić information content (AvgIpc) is 2.48. The van der Waals surface area contributed by atoms with Crippen molar-refractivity contribution in [2.24, 2.45) is 0 Å². The molecule has 1 aromatic rings. The molecule has 1 N–H and O–H groups in total. The number of fused-ring (bicyclic) bond motifs is 2. The smallest absolute Gasteiger partial charge is 0.133 e. The van der Waals surface area contributed by atoms with Crippen LogP contribution in [0.25, 0.3) is 0 Å².